The van der Waals surface area contributed by atoms with E-state index < -0.39 is 11.9 Å². The highest BCUT2D eigenvalue weighted by molar-refractivity contribution is 5.86. The van der Waals surface area contributed by atoms with Crippen LogP contribution in [0.3, 0.4) is 0 Å². The number of anilines is 2. The van der Waals surface area contributed by atoms with Gasteiger partial charge in [0.1, 0.15) is 23.7 Å². The van der Waals surface area contributed by atoms with E-state index in [-0.39, 0.29) is 11.6 Å². The highest BCUT2D eigenvalue weighted by Gasteiger charge is 2.21. The lowest BCUT2D eigenvalue weighted by Crippen LogP contribution is -2.09. The monoisotopic (exact) mass is 430 g/mol. The van der Waals surface area contributed by atoms with Gasteiger partial charge in [-0.25, -0.2) is 14.4 Å². The highest BCUT2D eigenvalue weighted by Crippen LogP contribution is 2.37. The maximum Gasteiger partial charge on any atom is 0.183 e. The Labute approximate surface area is 183 Å². The largest absolute Gasteiger partial charge is 0.482 e. The molecular weight excluding hydrogens is 411 g/mol. The Balaban J connectivity index is 1.89. The lowest BCUT2D eigenvalue weighted by molar-refractivity contribution is 0.228. The number of nitrogens with zero attached hydrogens (tertiary/aromatic N) is 6. The van der Waals surface area contributed by atoms with Crippen molar-refractivity contribution in [2.75, 3.05) is 11.2 Å². The fraction of sp³-hybridized carbons (Fsp3) is 0.136. The number of hydrazone groups is 1. The van der Waals surface area contributed by atoms with Crippen molar-refractivity contribution in [1.29, 1.82) is 5.26 Å². The van der Waals surface area contributed by atoms with E-state index in [1.54, 1.807) is 44.5 Å². The first-order valence-corrected chi connectivity index (χ1v) is 9.65. The summed E-state index contributed by atoms with van der Waals surface area (Å²) < 4.78 is 21.5. The van der Waals surface area contributed by atoms with Gasteiger partial charge in [-0.05, 0) is 43.3 Å². The Bertz CT molecular complexity index is 1300. The van der Waals surface area contributed by atoms with Crippen LogP contribution in [0.5, 0.6) is 5.75 Å². The molecule has 9 nitrogen and oxygen atoms in total. The number of nitrogens with one attached hydrogen (secondary N) is 1. The zero-order valence-corrected chi connectivity index (χ0v) is 17.3. The fourth-order valence-electron chi connectivity index (χ4n) is 3.27. The van der Waals surface area contributed by atoms with E-state index in [4.69, 9.17) is 10.5 Å². The van der Waals surface area contributed by atoms with Gasteiger partial charge in [-0.1, -0.05) is 0 Å². The van der Waals surface area contributed by atoms with Crippen molar-refractivity contribution in [2.24, 2.45) is 17.1 Å². The number of aliphatic imine (C=N–C) groups is 1. The molecule has 1 aliphatic rings. The second-order valence-corrected chi connectivity index (χ2v) is 6.93. The molecule has 0 unspecified atom stereocenters. The van der Waals surface area contributed by atoms with Gasteiger partial charge in [-0.2, -0.15) is 15.5 Å². The van der Waals surface area contributed by atoms with Crippen LogP contribution in [0.4, 0.5) is 21.7 Å². The number of aryl methyl sites for hydroxylation is 1. The molecule has 32 heavy (non-hydrogen) atoms. The molecule has 1 atom stereocenters. The van der Waals surface area contributed by atoms with Gasteiger partial charge in [0.05, 0.1) is 11.3 Å². The molecule has 3 N–H and O–H groups in total. The van der Waals surface area contributed by atoms with Crippen LogP contribution in [0.2, 0.25) is 0 Å². The average Bonchev–Trinajstić information content (AvgIpc) is 3.09. The maximum absolute atomic E-state index is 14.0. The van der Waals surface area contributed by atoms with Gasteiger partial charge in [0.15, 0.2) is 17.4 Å². The van der Waals surface area contributed by atoms with Crippen molar-refractivity contribution in [3.05, 3.63) is 59.7 Å². The van der Waals surface area contributed by atoms with Crippen LogP contribution in [0.25, 0.3) is 11.1 Å². The first-order chi connectivity index (χ1) is 15.5. The predicted molar refractivity (Wildman–Crippen MR) is 120 cm³/mol. The number of aromatic nitrogens is 3. The molecule has 3 heterocycles. The summed E-state index contributed by atoms with van der Waals surface area (Å²) in [4.78, 5) is 8.59. The summed E-state index contributed by atoms with van der Waals surface area (Å²) in [6.45, 7) is 1.76. The van der Waals surface area contributed by atoms with E-state index in [1.165, 1.54) is 29.2 Å². The smallest absolute Gasteiger partial charge is 0.183 e. The molecular formula is C22H19FN8O. The molecule has 1 aliphatic heterocycles. The SMILES string of the molecule is C[C@H]1Oc2cc(cnc2N)-c2c(nn(C)c2C#N)/N=C/C=C\C=N/Nc2ccc(F)cc21. The van der Waals surface area contributed by atoms with E-state index in [2.05, 4.69) is 31.7 Å². The summed E-state index contributed by atoms with van der Waals surface area (Å²) in [5, 5.41) is 18.1. The van der Waals surface area contributed by atoms with Crippen molar-refractivity contribution in [2.45, 2.75) is 13.0 Å². The van der Waals surface area contributed by atoms with E-state index in [9.17, 15) is 9.65 Å². The van der Waals surface area contributed by atoms with Gasteiger partial charge in [0.25, 0.3) is 0 Å². The number of ether oxygens (including phenoxy) is 1. The number of rotatable bonds is 0. The van der Waals surface area contributed by atoms with Crippen LogP contribution >= 0.6 is 0 Å². The molecule has 0 fully saturated rings. The van der Waals surface area contributed by atoms with Crippen molar-refractivity contribution in [3.63, 3.8) is 0 Å². The minimum atomic E-state index is -0.590. The van der Waals surface area contributed by atoms with Crippen LogP contribution in [0.1, 0.15) is 24.3 Å². The number of nitriles is 1. The fourth-order valence-corrected chi connectivity index (χ4v) is 3.27. The van der Waals surface area contributed by atoms with E-state index in [1.807, 2.05) is 0 Å². The number of hydrogen-bond acceptors (Lipinski definition) is 8. The third-order valence-electron chi connectivity index (χ3n) is 4.80. The number of nitrogens with two attached hydrogens (primary N) is 1. The van der Waals surface area contributed by atoms with Gasteiger partial charge in [-0.15, -0.1) is 0 Å². The third-order valence-corrected chi connectivity index (χ3v) is 4.80. The van der Waals surface area contributed by atoms with Crippen molar-refractivity contribution in [1.82, 2.24) is 14.8 Å². The standard InChI is InChI=1S/C22H19FN8O/c1-13-16-10-15(23)5-6-17(16)29-28-8-4-3-7-26-22-20(18(11-24)31(2)30-22)14-9-19(32-13)21(25)27-12-14/h3-10,12-13,29H,1-2H3,(H2,25,27)/b4-3-,26-7+,28-8-/t13-/m1/s1. The quantitative estimate of drug-likeness (QED) is 0.557. The number of benzene rings is 1. The molecule has 1 aromatic carbocycles. The Morgan fingerprint density at radius 2 is 2.06 bits per heavy atom. The number of pyridine rings is 1. The van der Waals surface area contributed by atoms with Crippen LogP contribution in [-0.4, -0.2) is 27.2 Å². The summed E-state index contributed by atoms with van der Waals surface area (Å²) >= 11 is 0. The number of allylic oxidation sites excluding steroid dienone is 2. The predicted octanol–water partition coefficient (Wildman–Crippen LogP) is 3.88. The van der Waals surface area contributed by atoms with Crippen molar-refractivity contribution in [3.8, 4) is 22.9 Å². The Morgan fingerprint density at radius 1 is 1.25 bits per heavy atom. The molecule has 0 saturated carbocycles. The number of halogens is 1. The van der Waals surface area contributed by atoms with Gasteiger partial charge in [0, 0.05) is 36.8 Å². The molecule has 10 heteroatoms. The second kappa shape index (κ2) is 8.69. The minimum Gasteiger partial charge on any atom is -0.482 e. The zero-order chi connectivity index (χ0) is 22.7. The first kappa shape index (κ1) is 20.7. The molecule has 0 saturated heterocycles. The number of fused-ring (bicyclic) bond motifs is 5. The summed E-state index contributed by atoms with van der Waals surface area (Å²) in [5.41, 5.74) is 11.4. The van der Waals surface area contributed by atoms with E-state index in [0.29, 0.717) is 33.9 Å². The summed E-state index contributed by atoms with van der Waals surface area (Å²) in [7, 11) is 1.66. The third kappa shape index (κ3) is 4.04. The van der Waals surface area contributed by atoms with Gasteiger partial charge in [0.2, 0.25) is 0 Å². The van der Waals surface area contributed by atoms with Gasteiger partial charge in [-0.3, -0.25) is 10.1 Å². The minimum absolute atomic E-state index is 0.154. The normalized spacial score (nSPS) is 18.2. The number of hydrogen-bond donors (Lipinski definition) is 2. The van der Waals surface area contributed by atoms with Gasteiger partial charge < -0.3 is 10.5 Å². The van der Waals surface area contributed by atoms with E-state index in [0.717, 1.165) is 0 Å². The van der Waals surface area contributed by atoms with Crippen LogP contribution in [0, 0.1) is 17.1 Å². The molecule has 0 radical (unpaired) electrons. The van der Waals surface area contributed by atoms with E-state index >= 15 is 0 Å². The molecule has 3 aromatic rings. The zero-order valence-electron chi connectivity index (χ0n) is 17.3. The summed E-state index contributed by atoms with van der Waals surface area (Å²) in [6, 6.07) is 8.09. The Morgan fingerprint density at radius 3 is 2.88 bits per heavy atom. The summed E-state index contributed by atoms with van der Waals surface area (Å²) in [5.74, 6) is 0.368. The summed E-state index contributed by atoms with van der Waals surface area (Å²) in [6.07, 6.45) is 7.35. The second-order valence-electron chi connectivity index (χ2n) is 6.93. The molecule has 0 spiro atoms. The molecule has 2 aromatic heterocycles. The highest BCUT2D eigenvalue weighted by atomic mass is 19.1. The average molecular weight is 430 g/mol. The first-order valence-electron chi connectivity index (χ1n) is 9.65. The van der Waals surface area contributed by atoms with Crippen molar-refractivity contribution < 1.29 is 9.13 Å². The lowest BCUT2D eigenvalue weighted by Gasteiger charge is -2.19. The maximum atomic E-state index is 14.0. The molecule has 4 rings (SSSR count). The van der Waals surface area contributed by atoms with Crippen molar-refractivity contribution >= 4 is 29.8 Å². The topological polar surface area (TPSA) is 126 Å². The van der Waals surface area contributed by atoms with Crippen LogP contribution < -0.4 is 15.9 Å². The molecule has 0 amide bonds. The number of nitrogen functional groups attached to an aromatic ring is 1. The molecule has 2 bridgehead atoms. The Kier molecular flexibility index (Phi) is 5.63. The molecule has 160 valence electrons. The Hall–Kier alpha value is -4.52. The van der Waals surface area contributed by atoms with Crippen LogP contribution in [0.15, 0.2) is 52.7 Å². The lowest BCUT2D eigenvalue weighted by atomic mass is 10.1. The van der Waals surface area contributed by atoms with Crippen LogP contribution in [-0.2, 0) is 7.05 Å². The molecule has 0 aliphatic carbocycles. The van der Waals surface area contributed by atoms with Gasteiger partial charge >= 0.3 is 0 Å².